The first-order chi connectivity index (χ1) is 13.6. The zero-order chi connectivity index (χ0) is 20.4. The number of likely N-dealkylation sites (N-methyl/N-ethyl adjacent to an activating group) is 1. The lowest BCUT2D eigenvalue weighted by Crippen LogP contribution is -3.11. The molecule has 1 unspecified atom stereocenters. The van der Waals surface area contributed by atoms with Gasteiger partial charge in [-0.05, 0) is 25.5 Å². The summed E-state index contributed by atoms with van der Waals surface area (Å²) in [4.78, 5) is 26.2. The van der Waals surface area contributed by atoms with Gasteiger partial charge in [0, 0.05) is 12.1 Å². The molecular weight excluding hydrogens is 354 g/mol. The maximum atomic E-state index is 13.2. The van der Waals surface area contributed by atoms with Crippen LogP contribution in [0.25, 0.3) is 0 Å². The van der Waals surface area contributed by atoms with E-state index in [1.165, 1.54) is 0 Å². The summed E-state index contributed by atoms with van der Waals surface area (Å²) in [6.07, 6.45) is 0.877. The quantitative estimate of drug-likeness (QED) is 0.585. The van der Waals surface area contributed by atoms with Crippen LogP contribution in [-0.2, 0) is 9.59 Å². The molecule has 0 fully saturated rings. The van der Waals surface area contributed by atoms with Crippen LogP contribution in [0.3, 0.4) is 0 Å². The van der Waals surface area contributed by atoms with E-state index in [2.05, 4.69) is 10.6 Å². The van der Waals surface area contributed by atoms with E-state index in [0.29, 0.717) is 24.6 Å². The molecule has 0 spiro atoms. The second kappa shape index (κ2) is 11.1. The summed E-state index contributed by atoms with van der Waals surface area (Å²) in [7, 11) is 1.86. The van der Waals surface area contributed by atoms with E-state index in [9.17, 15) is 9.59 Å². The van der Waals surface area contributed by atoms with Gasteiger partial charge < -0.3 is 20.3 Å². The molecule has 6 heteroatoms. The number of anilines is 1. The monoisotopic (exact) mass is 384 g/mol. The average Bonchev–Trinajstić information content (AvgIpc) is 2.69. The number of carbonyl (C=O) groups excluding carboxylic acids is 2. The van der Waals surface area contributed by atoms with Gasteiger partial charge in [-0.2, -0.15) is 0 Å². The van der Waals surface area contributed by atoms with E-state index >= 15 is 0 Å². The molecule has 0 aliphatic heterocycles. The number of hydrogen-bond acceptors (Lipinski definition) is 3. The topological polar surface area (TPSA) is 71.9 Å². The van der Waals surface area contributed by atoms with Crippen molar-refractivity contribution >= 4 is 17.5 Å². The van der Waals surface area contributed by atoms with Gasteiger partial charge in [-0.3, -0.25) is 9.59 Å². The third-order valence-electron chi connectivity index (χ3n) is 4.34. The number of benzene rings is 2. The van der Waals surface area contributed by atoms with Gasteiger partial charge in [0.1, 0.15) is 5.75 Å². The molecule has 3 N–H and O–H groups in total. The Kier molecular flexibility index (Phi) is 8.49. The van der Waals surface area contributed by atoms with E-state index < -0.39 is 6.04 Å². The molecule has 0 aromatic heterocycles. The number of carbonyl (C=O) groups is 2. The Morgan fingerprint density at radius 3 is 2.39 bits per heavy atom. The van der Waals surface area contributed by atoms with Gasteiger partial charge in [-0.1, -0.05) is 49.4 Å². The zero-order valence-corrected chi connectivity index (χ0v) is 16.8. The lowest BCUT2D eigenvalue weighted by atomic mass is 10.0. The summed E-state index contributed by atoms with van der Waals surface area (Å²) in [5.74, 6) is 0.380. The highest BCUT2D eigenvalue weighted by atomic mass is 16.5. The normalized spacial score (nSPS) is 12.7. The molecule has 0 radical (unpaired) electrons. The summed E-state index contributed by atoms with van der Waals surface area (Å²) in [5.41, 5.74) is 1.48. The van der Waals surface area contributed by atoms with E-state index in [1.807, 2.05) is 75.5 Å². The molecule has 6 nitrogen and oxygen atoms in total. The van der Waals surface area contributed by atoms with E-state index in [0.717, 1.165) is 16.9 Å². The zero-order valence-electron chi connectivity index (χ0n) is 16.8. The highest BCUT2D eigenvalue weighted by Gasteiger charge is 2.31. The number of hydrogen-bond donors (Lipinski definition) is 3. The molecule has 0 aliphatic rings. The highest BCUT2D eigenvalue weighted by molar-refractivity contribution is 5.96. The van der Waals surface area contributed by atoms with Crippen LogP contribution in [0.2, 0.25) is 0 Å². The van der Waals surface area contributed by atoms with Crippen molar-refractivity contribution in [1.82, 2.24) is 5.32 Å². The third-order valence-corrected chi connectivity index (χ3v) is 4.34. The van der Waals surface area contributed by atoms with Crippen molar-refractivity contribution in [3.63, 3.8) is 0 Å². The molecule has 2 aromatic rings. The van der Waals surface area contributed by atoms with Crippen molar-refractivity contribution in [1.29, 1.82) is 0 Å². The van der Waals surface area contributed by atoms with Crippen LogP contribution in [0, 0.1) is 0 Å². The second-order valence-corrected chi connectivity index (χ2v) is 6.64. The minimum Gasteiger partial charge on any atom is -0.492 e. The molecule has 150 valence electrons. The van der Waals surface area contributed by atoms with Crippen LogP contribution < -0.4 is 20.3 Å². The molecule has 0 bridgehead atoms. The van der Waals surface area contributed by atoms with Crippen molar-refractivity contribution in [3.05, 3.63) is 60.2 Å². The lowest BCUT2D eigenvalue weighted by Gasteiger charge is -2.24. The maximum Gasteiger partial charge on any atom is 0.287 e. The maximum absolute atomic E-state index is 13.2. The van der Waals surface area contributed by atoms with Crippen LogP contribution in [0.1, 0.15) is 31.9 Å². The van der Waals surface area contributed by atoms with Crippen molar-refractivity contribution < 1.29 is 19.2 Å². The first-order valence-electron chi connectivity index (χ1n) is 9.73. The summed E-state index contributed by atoms with van der Waals surface area (Å²) >= 11 is 0. The molecular formula is C22H30N3O3+. The SMILES string of the molecule is CCCNC(=O)C[NH+](C)[C@H](C(=O)Nc1ccccc1OCC)c1ccccc1. The lowest BCUT2D eigenvalue weighted by molar-refractivity contribution is -0.894. The fourth-order valence-electron chi connectivity index (χ4n) is 3.04. The first kappa shape index (κ1) is 21.4. The summed E-state index contributed by atoms with van der Waals surface area (Å²) in [6.45, 7) is 5.26. The Bertz CT molecular complexity index is 765. The van der Waals surface area contributed by atoms with E-state index in [1.54, 1.807) is 0 Å². The van der Waals surface area contributed by atoms with Crippen molar-refractivity contribution in [2.24, 2.45) is 0 Å². The van der Waals surface area contributed by atoms with Crippen LogP contribution in [0.4, 0.5) is 5.69 Å². The van der Waals surface area contributed by atoms with Crippen molar-refractivity contribution in [3.8, 4) is 5.75 Å². The second-order valence-electron chi connectivity index (χ2n) is 6.64. The average molecular weight is 385 g/mol. The predicted molar refractivity (Wildman–Crippen MR) is 110 cm³/mol. The number of rotatable bonds is 10. The van der Waals surface area contributed by atoms with Crippen molar-refractivity contribution in [2.45, 2.75) is 26.3 Å². The standard InChI is InChI=1S/C22H29N3O3/c1-4-15-23-20(26)16-25(3)21(17-11-7-6-8-12-17)22(27)24-18-13-9-10-14-19(18)28-5-2/h6-14,21H,4-5,15-16H2,1-3H3,(H,23,26)(H,24,27)/p+1/t21-/m0/s1. The largest absolute Gasteiger partial charge is 0.492 e. The Hall–Kier alpha value is -2.86. The highest BCUT2D eigenvalue weighted by Crippen LogP contribution is 2.24. The Labute approximate surface area is 166 Å². The predicted octanol–water partition coefficient (Wildman–Crippen LogP) is 1.81. The van der Waals surface area contributed by atoms with Crippen LogP contribution in [0.15, 0.2) is 54.6 Å². The van der Waals surface area contributed by atoms with Gasteiger partial charge in [0.15, 0.2) is 12.6 Å². The van der Waals surface area contributed by atoms with E-state index in [-0.39, 0.29) is 18.4 Å². The van der Waals surface area contributed by atoms with Gasteiger partial charge in [-0.25, -0.2) is 0 Å². The Balaban J connectivity index is 2.22. The number of ether oxygens (including phenoxy) is 1. The van der Waals surface area contributed by atoms with Gasteiger partial charge >= 0.3 is 0 Å². The molecule has 0 aliphatic carbocycles. The molecule has 2 atom stereocenters. The summed E-state index contributed by atoms with van der Waals surface area (Å²) in [6, 6.07) is 16.4. The third kappa shape index (κ3) is 6.09. The van der Waals surface area contributed by atoms with Gasteiger partial charge in [0.2, 0.25) is 0 Å². The Morgan fingerprint density at radius 2 is 1.71 bits per heavy atom. The van der Waals surface area contributed by atoms with Crippen molar-refractivity contribution in [2.75, 3.05) is 32.1 Å². The number of amides is 2. The van der Waals surface area contributed by atoms with E-state index in [4.69, 9.17) is 4.74 Å². The van der Waals surface area contributed by atoms with Crippen LogP contribution >= 0.6 is 0 Å². The molecule has 2 amide bonds. The fraction of sp³-hybridized carbons (Fsp3) is 0.364. The van der Waals surface area contributed by atoms with Gasteiger partial charge in [-0.15, -0.1) is 0 Å². The molecule has 0 saturated heterocycles. The molecule has 28 heavy (non-hydrogen) atoms. The van der Waals surface area contributed by atoms with Crippen LogP contribution in [-0.4, -0.2) is 38.6 Å². The van der Waals surface area contributed by atoms with Gasteiger partial charge in [0.25, 0.3) is 11.8 Å². The fourth-order valence-corrected chi connectivity index (χ4v) is 3.04. The molecule has 2 rings (SSSR count). The Morgan fingerprint density at radius 1 is 1.04 bits per heavy atom. The molecule has 0 saturated carbocycles. The number of nitrogens with one attached hydrogen (secondary N) is 3. The summed E-state index contributed by atoms with van der Waals surface area (Å²) in [5, 5.41) is 5.85. The minimum absolute atomic E-state index is 0.0669. The van der Waals surface area contributed by atoms with Gasteiger partial charge in [0.05, 0.1) is 19.3 Å². The smallest absolute Gasteiger partial charge is 0.287 e. The number of para-hydroxylation sites is 2. The molecule has 2 aromatic carbocycles. The molecule has 0 heterocycles. The van der Waals surface area contributed by atoms with Crippen LogP contribution in [0.5, 0.6) is 5.75 Å². The first-order valence-corrected chi connectivity index (χ1v) is 9.73. The minimum atomic E-state index is -0.525. The number of quaternary nitrogens is 1. The summed E-state index contributed by atoms with van der Waals surface area (Å²) < 4.78 is 5.61.